The second-order valence-corrected chi connectivity index (χ2v) is 4.75. The summed E-state index contributed by atoms with van der Waals surface area (Å²) in [5.41, 5.74) is 0.899. The van der Waals surface area contributed by atoms with Gasteiger partial charge in [-0.1, -0.05) is 13.0 Å². The van der Waals surface area contributed by atoms with E-state index in [1.165, 1.54) is 6.07 Å². The van der Waals surface area contributed by atoms with E-state index >= 15 is 0 Å². The van der Waals surface area contributed by atoms with Crippen molar-refractivity contribution < 1.29 is 13.9 Å². The van der Waals surface area contributed by atoms with Gasteiger partial charge in [-0.2, -0.15) is 0 Å². The molecule has 2 rings (SSSR count). The van der Waals surface area contributed by atoms with Crippen molar-refractivity contribution in [3.63, 3.8) is 0 Å². The summed E-state index contributed by atoms with van der Waals surface area (Å²) >= 11 is 0. The zero-order chi connectivity index (χ0) is 15.2. The molecule has 0 fully saturated rings. The van der Waals surface area contributed by atoms with Crippen molar-refractivity contribution in [1.82, 2.24) is 5.32 Å². The Balaban J connectivity index is 2.13. The molecule has 0 saturated heterocycles. The quantitative estimate of drug-likeness (QED) is 0.860. The maximum Gasteiger partial charge on any atom is 0.166 e. The van der Waals surface area contributed by atoms with Gasteiger partial charge in [-0.05, 0) is 55.4 Å². The fourth-order valence-electron chi connectivity index (χ4n) is 2.06. The summed E-state index contributed by atoms with van der Waals surface area (Å²) in [6, 6.07) is 12.2. The lowest BCUT2D eigenvalue weighted by atomic mass is 10.1. The Bertz CT molecular complexity index is 584. The highest BCUT2D eigenvalue weighted by Gasteiger charge is 2.10. The van der Waals surface area contributed by atoms with E-state index in [2.05, 4.69) is 5.32 Å². The number of methoxy groups -OCH3 is 1. The molecule has 0 bridgehead atoms. The van der Waals surface area contributed by atoms with Crippen LogP contribution in [0.2, 0.25) is 0 Å². The van der Waals surface area contributed by atoms with Gasteiger partial charge in [-0.25, -0.2) is 4.39 Å². The number of rotatable bonds is 6. The van der Waals surface area contributed by atoms with Crippen LogP contribution in [0.5, 0.6) is 17.2 Å². The summed E-state index contributed by atoms with van der Waals surface area (Å²) < 4.78 is 24.7. The second kappa shape index (κ2) is 7.09. The van der Waals surface area contributed by atoms with Gasteiger partial charge in [-0.3, -0.25) is 0 Å². The molecule has 2 aromatic carbocycles. The maximum atomic E-state index is 14.1. The number of ether oxygens (including phenoxy) is 2. The minimum absolute atomic E-state index is 0.111. The van der Waals surface area contributed by atoms with Crippen LogP contribution >= 0.6 is 0 Å². The van der Waals surface area contributed by atoms with Crippen LogP contribution in [0.1, 0.15) is 25.5 Å². The molecule has 112 valence electrons. The average Bonchev–Trinajstić information content (AvgIpc) is 2.50. The summed E-state index contributed by atoms with van der Waals surface area (Å²) in [5.74, 6) is 1.15. The summed E-state index contributed by atoms with van der Waals surface area (Å²) in [4.78, 5) is 0. The first kappa shape index (κ1) is 15.3. The number of hydrogen-bond acceptors (Lipinski definition) is 3. The lowest BCUT2D eigenvalue weighted by molar-refractivity contribution is 0.411. The van der Waals surface area contributed by atoms with E-state index in [4.69, 9.17) is 9.47 Å². The lowest BCUT2D eigenvalue weighted by Crippen LogP contribution is -2.17. The fourth-order valence-corrected chi connectivity index (χ4v) is 2.06. The van der Waals surface area contributed by atoms with Crippen LogP contribution in [0, 0.1) is 5.82 Å². The molecule has 0 aliphatic heterocycles. The van der Waals surface area contributed by atoms with Gasteiger partial charge in [0, 0.05) is 6.04 Å². The van der Waals surface area contributed by atoms with Crippen LogP contribution in [0.25, 0.3) is 0 Å². The Morgan fingerprint density at radius 1 is 1.10 bits per heavy atom. The highest BCUT2D eigenvalue weighted by atomic mass is 19.1. The molecule has 0 aliphatic rings. The predicted molar refractivity (Wildman–Crippen MR) is 81.6 cm³/mol. The number of hydrogen-bond donors (Lipinski definition) is 1. The van der Waals surface area contributed by atoms with Crippen molar-refractivity contribution in [1.29, 1.82) is 0 Å². The Morgan fingerprint density at radius 3 is 2.33 bits per heavy atom. The van der Waals surface area contributed by atoms with Crippen LogP contribution in [0.4, 0.5) is 4.39 Å². The third-order valence-electron chi connectivity index (χ3n) is 3.25. The summed E-state index contributed by atoms with van der Waals surface area (Å²) in [6.45, 7) is 4.86. The molecule has 1 N–H and O–H groups in total. The van der Waals surface area contributed by atoms with E-state index in [1.54, 1.807) is 37.4 Å². The van der Waals surface area contributed by atoms with Crippen LogP contribution in [0.15, 0.2) is 42.5 Å². The highest BCUT2D eigenvalue weighted by molar-refractivity contribution is 5.37. The topological polar surface area (TPSA) is 30.5 Å². The van der Waals surface area contributed by atoms with E-state index in [0.717, 1.165) is 17.9 Å². The van der Waals surface area contributed by atoms with E-state index in [9.17, 15) is 4.39 Å². The average molecular weight is 289 g/mol. The van der Waals surface area contributed by atoms with Gasteiger partial charge >= 0.3 is 0 Å². The Morgan fingerprint density at radius 2 is 1.76 bits per heavy atom. The van der Waals surface area contributed by atoms with Crippen LogP contribution in [-0.4, -0.2) is 13.7 Å². The first-order valence-electron chi connectivity index (χ1n) is 6.98. The summed E-state index contributed by atoms with van der Waals surface area (Å²) in [7, 11) is 1.60. The predicted octanol–water partition coefficient (Wildman–Crippen LogP) is 4.30. The molecule has 0 aliphatic carbocycles. The van der Waals surface area contributed by atoms with E-state index < -0.39 is 0 Å². The largest absolute Gasteiger partial charge is 0.497 e. The number of nitrogens with one attached hydrogen (secondary N) is 1. The van der Waals surface area contributed by atoms with Crippen LogP contribution in [-0.2, 0) is 0 Å². The third-order valence-corrected chi connectivity index (χ3v) is 3.25. The van der Waals surface area contributed by atoms with Gasteiger partial charge < -0.3 is 14.8 Å². The van der Waals surface area contributed by atoms with Crippen molar-refractivity contribution >= 4 is 0 Å². The van der Waals surface area contributed by atoms with Crippen LogP contribution in [0.3, 0.4) is 0 Å². The molecule has 3 nitrogen and oxygen atoms in total. The number of halogens is 1. The molecule has 21 heavy (non-hydrogen) atoms. The molecule has 1 atom stereocenters. The van der Waals surface area contributed by atoms with Gasteiger partial charge in [0.2, 0.25) is 0 Å². The van der Waals surface area contributed by atoms with Crippen molar-refractivity contribution in [2.24, 2.45) is 0 Å². The zero-order valence-corrected chi connectivity index (χ0v) is 12.5. The first-order chi connectivity index (χ1) is 10.1. The molecule has 1 unspecified atom stereocenters. The smallest absolute Gasteiger partial charge is 0.166 e. The molecule has 0 radical (unpaired) electrons. The number of benzene rings is 2. The van der Waals surface area contributed by atoms with E-state index in [0.29, 0.717) is 5.75 Å². The van der Waals surface area contributed by atoms with Crippen molar-refractivity contribution in [2.45, 2.75) is 19.9 Å². The van der Waals surface area contributed by atoms with E-state index in [-0.39, 0.29) is 17.6 Å². The molecule has 0 spiro atoms. The highest BCUT2D eigenvalue weighted by Crippen LogP contribution is 2.28. The van der Waals surface area contributed by atoms with Gasteiger partial charge in [0.05, 0.1) is 7.11 Å². The van der Waals surface area contributed by atoms with Gasteiger partial charge in [0.15, 0.2) is 11.6 Å². The minimum Gasteiger partial charge on any atom is -0.497 e. The Labute approximate surface area is 124 Å². The molecule has 0 saturated carbocycles. The molecule has 0 aromatic heterocycles. The normalized spacial score (nSPS) is 12.0. The van der Waals surface area contributed by atoms with E-state index in [1.807, 2.05) is 19.9 Å². The van der Waals surface area contributed by atoms with Gasteiger partial charge in [0.1, 0.15) is 11.5 Å². The van der Waals surface area contributed by atoms with Gasteiger partial charge in [0.25, 0.3) is 0 Å². The molecule has 4 heteroatoms. The molecule has 0 heterocycles. The standard InChI is InChI=1S/C17H20FNO2/c1-4-19-12(2)13-5-10-17(16(18)11-13)21-15-8-6-14(20-3)7-9-15/h5-12,19H,4H2,1-3H3. The fraction of sp³-hybridized carbons (Fsp3) is 0.294. The lowest BCUT2D eigenvalue weighted by Gasteiger charge is -2.14. The minimum atomic E-state index is -0.368. The zero-order valence-electron chi connectivity index (χ0n) is 12.5. The van der Waals surface area contributed by atoms with Crippen molar-refractivity contribution in [3.8, 4) is 17.2 Å². The molecular weight excluding hydrogens is 269 g/mol. The Hall–Kier alpha value is -2.07. The van der Waals surface area contributed by atoms with Gasteiger partial charge in [-0.15, -0.1) is 0 Å². The second-order valence-electron chi connectivity index (χ2n) is 4.75. The van der Waals surface area contributed by atoms with Crippen molar-refractivity contribution in [3.05, 3.63) is 53.8 Å². The summed E-state index contributed by atoms with van der Waals surface area (Å²) in [6.07, 6.45) is 0. The van der Waals surface area contributed by atoms with Crippen LogP contribution < -0.4 is 14.8 Å². The first-order valence-corrected chi connectivity index (χ1v) is 6.98. The molecular formula is C17H20FNO2. The Kier molecular flexibility index (Phi) is 5.17. The van der Waals surface area contributed by atoms with Crippen molar-refractivity contribution in [2.75, 3.05) is 13.7 Å². The third kappa shape index (κ3) is 3.95. The molecule has 2 aromatic rings. The monoisotopic (exact) mass is 289 g/mol. The maximum absolute atomic E-state index is 14.1. The summed E-state index contributed by atoms with van der Waals surface area (Å²) in [5, 5.41) is 3.25. The molecule has 0 amide bonds. The SMILES string of the molecule is CCNC(C)c1ccc(Oc2ccc(OC)cc2)c(F)c1.